The quantitative estimate of drug-likeness (QED) is 0.371. The molecule has 0 bridgehead atoms. The van der Waals surface area contributed by atoms with E-state index in [4.69, 9.17) is 0 Å². The van der Waals surface area contributed by atoms with E-state index in [0.29, 0.717) is 0 Å². The molecular formula is C26H55N5. The summed E-state index contributed by atoms with van der Waals surface area (Å²) >= 11 is 0. The van der Waals surface area contributed by atoms with Crippen LogP contribution in [0.3, 0.4) is 0 Å². The van der Waals surface area contributed by atoms with Crippen LogP contribution < -0.4 is 26.6 Å². The average molecular weight is 438 g/mol. The average Bonchev–Trinajstić information content (AvgIpc) is 2.77. The summed E-state index contributed by atoms with van der Waals surface area (Å²) < 4.78 is 0. The molecule has 5 heteroatoms. The summed E-state index contributed by atoms with van der Waals surface area (Å²) in [5.41, 5.74) is 1.37. The van der Waals surface area contributed by atoms with Gasteiger partial charge in [0.15, 0.2) is 0 Å². The smallest absolute Gasteiger partial charge is 0.0161 e. The first-order valence-corrected chi connectivity index (χ1v) is 13.6. The van der Waals surface area contributed by atoms with Crippen molar-refractivity contribution in [2.75, 3.05) is 65.4 Å². The van der Waals surface area contributed by atoms with Crippen LogP contribution in [0.25, 0.3) is 0 Å². The standard InChI is InChI=1S/C26H55N5/c1-26-15-8-4-2-5-9-16-27-19-12-21-30-22-13-20-28-17-10-6-3-7-11-18-29-23-14-24-31-25-26/h27-31H,1-25H2. The van der Waals surface area contributed by atoms with Gasteiger partial charge in [-0.1, -0.05) is 50.7 Å². The Hall–Kier alpha value is -0.460. The van der Waals surface area contributed by atoms with Gasteiger partial charge in [-0.25, -0.2) is 0 Å². The first-order valence-electron chi connectivity index (χ1n) is 13.6. The summed E-state index contributed by atoms with van der Waals surface area (Å²) in [4.78, 5) is 0. The maximum atomic E-state index is 4.24. The number of rotatable bonds is 0. The minimum Gasteiger partial charge on any atom is -0.317 e. The highest BCUT2D eigenvalue weighted by Crippen LogP contribution is 2.09. The molecule has 1 rings (SSSR count). The lowest BCUT2D eigenvalue weighted by Gasteiger charge is -2.09. The first-order chi connectivity index (χ1) is 15.4. The highest BCUT2D eigenvalue weighted by molar-refractivity contribution is 4.96. The fourth-order valence-corrected chi connectivity index (χ4v) is 4.05. The Morgan fingerprint density at radius 1 is 0.355 bits per heavy atom. The van der Waals surface area contributed by atoms with E-state index < -0.39 is 0 Å². The summed E-state index contributed by atoms with van der Waals surface area (Å²) in [5, 5.41) is 17.9. The van der Waals surface area contributed by atoms with E-state index in [0.717, 1.165) is 45.8 Å². The maximum absolute atomic E-state index is 4.24. The van der Waals surface area contributed by atoms with Crippen LogP contribution >= 0.6 is 0 Å². The highest BCUT2D eigenvalue weighted by Gasteiger charge is 1.97. The molecule has 0 atom stereocenters. The van der Waals surface area contributed by atoms with Crippen LogP contribution in [0.5, 0.6) is 0 Å². The molecule has 0 aromatic carbocycles. The van der Waals surface area contributed by atoms with Crippen LogP contribution in [0.4, 0.5) is 0 Å². The van der Waals surface area contributed by atoms with Gasteiger partial charge in [0.2, 0.25) is 0 Å². The molecule has 1 aliphatic heterocycles. The van der Waals surface area contributed by atoms with Crippen molar-refractivity contribution in [3.05, 3.63) is 12.2 Å². The van der Waals surface area contributed by atoms with Gasteiger partial charge in [0.05, 0.1) is 0 Å². The van der Waals surface area contributed by atoms with Crippen LogP contribution in [-0.4, -0.2) is 65.4 Å². The molecule has 1 aliphatic rings. The number of hydrogen-bond donors (Lipinski definition) is 5. The summed E-state index contributed by atoms with van der Waals surface area (Å²) in [7, 11) is 0. The third kappa shape index (κ3) is 22.5. The molecule has 0 saturated carbocycles. The Bertz CT molecular complexity index is 343. The molecule has 1 saturated heterocycles. The van der Waals surface area contributed by atoms with Crippen LogP contribution in [0.1, 0.15) is 89.9 Å². The Balaban J connectivity index is 2.06. The van der Waals surface area contributed by atoms with Gasteiger partial charge in [0.1, 0.15) is 0 Å². The van der Waals surface area contributed by atoms with Crippen molar-refractivity contribution in [1.29, 1.82) is 0 Å². The minimum atomic E-state index is 0.994. The van der Waals surface area contributed by atoms with Gasteiger partial charge in [0.25, 0.3) is 0 Å². The zero-order chi connectivity index (χ0) is 22.1. The summed E-state index contributed by atoms with van der Waals surface area (Å²) in [6, 6.07) is 0. The Labute approximate surface area is 194 Å². The molecule has 5 nitrogen and oxygen atoms in total. The van der Waals surface area contributed by atoms with E-state index in [1.165, 1.54) is 115 Å². The molecule has 0 amide bonds. The molecule has 0 aromatic rings. The van der Waals surface area contributed by atoms with Gasteiger partial charge in [-0.05, 0) is 110 Å². The zero-order valence-electron chi connectivity index (χ0n) is 20.7. The van der Waals surface area contributed by atoms with Crippen molar-refractivity contribution in [1.82, 2.24) is 26.6 Å². The molecule has 0 aromatic heterocycles. The van der Waals surface area contributed by atoms with Gasteiger partial charge >= 0.3 is 0 Å². The van der Waals surface area contributed by atoms with Crippen molar-refractivity contribution < 1.29 is 0 Å². The van der Waals surface area contributed by atoms with Gasteiger partial charge < -0.3 is 26.6 Å². The molecule has 0 radical (unpaired) electrons. The molecule has 0 aliphatic carbocycles. The number of nitrogens with one attached hydrogen (secondary N) is 5. The fraction of sp³-hybridized carbons (Fsp3) is 0.923. The molecule has 1 fully saturated rings. The van der Waals surface area contributed by atoms with E-state index in [-0.39, 0.29) is 0 Å². The molecule has 0 spiro atoms. The second kappa shape index (κ2) is 24.2. The molecular weight excluding hydrogens is 382 g/mol. The minimum absolute atomic E-state index is 0.994. The van der Waals surface area contributed by atoms with Gasteiger partial charge in [-0.3, -0.25) is 0 Å². The van der Waals surface area contributed by atoms with E-state index in [9.17, 15) is 0 Å². The van der Waals surface area contributed by atoms with E-state index in [1.54, 1.807) is 0 Å². The van der Waals surface area contributed by atoms with E-state index in [2.05, 4.69) is 33.2 Å². The number of hydrogen-bond acceptors (Lipinski definition) is 5. The van der Waals surface area contributed by atoms with E-state index in [1.807, 2.05) is 0 Å². The second-order valence-electron chi connectivity index (χ2n) is 9.27. The summed E-state index contributed by atoms with van der Waals surface area (Å²) in [6.07, 6.45) is 18.3. The zero-order valence-corrected chi connectivity index (χ0v) is 20.7. The van der Waals surface area contributed by atoms with Crippen LogP contribution in [-0.2, 0) is 0 Å². The lowest BCUT2D eigenvalue weighted by molar-refractivity contribution is 0.529. The lowest BCUT2D eigenvalue weighted by atomic mass is 10.1. The Morgan fingerprint density at radius 2 is 0.677 bits per heavy atom. The van der Waals surface area contributed by atoms with E-state index >= 15 is 0 Å². The van der Waals surface area contributed by atoms with Gasteiger partial charge in [0, 0.05) is 6.54 Å². The molecule has 31 heavy (non-hydrogen) atoms. The van der Waals surface area contributed by atoms with Crippen molar-refractivity contribution in [2.45, 2.75) is 89.9 Å². The molecule has 184 valence electrons. The predicted octanol–water partition coefficient (Wildman–Crippen LogP) is 3.97. The van der Waals surface area contributed by atoms with Crippen molar-refractivity contribution >= 4 is 0 Å². The Kier molecular flexibility index (Phi) is 22.3. The molecule has 1 heterocycles. The van der Waals surface area contributed by atoms with Gasteiger partial charge in [-0.2, -0.15) is 0 Å². The van der Waals surface area contributed by atoms with Gasteiger partial charge in [-0.15, -0.1) is 0 Å². The van der Waals surface area contributed by atoms with Crippen molar-refractivity contribution in [2.24, 2.45) is 0 Å². The van der Waals surface area contributed by atoms with Crippen molar-refractivity contribution in [3.8, 4) is 0 Å². The third-order valence-electron chi connectivity index (χ3n) is 6.09. The first kappa shape index (κ1) is 28.6. The molecule has 0 unspecified atom stereocenters. The van der Waals surface area contributed by atoms with Crippen LogP contribution in [0.15, 0.2) is 12.2 Å². The largest absolute Gasteiger partial charge is 0.317 e. The fourth-order valence-electron chi connectivity index (χ4n) is 4.05. The third-order valence-corrected chi connectivity index (χ3v) is 6.09. The molecule has 5 N–H and O–H groups in total. The highest BCUT2D eigenvalue weighted by atomic mass is 14.9. The predicted molar refractivity (Wildman–Crippen MR) is 138 cm³/mol. The van der Waals surface area contributed by atoms with Crippen molar-refractivity contribution in [3.63, 3.8) is 0 Å². The SMILES string of the molecule is C=C1CCCCCCCNCCCNCCCNCCCCCCCNCCCNC1. The normalized spacial score (nSPS) is 23.7. The topological polar surface area (TPSA) is 60.1 Å². The van der Waals surface area contributed by atoms with Crippen LogP contribution in [0.2, 0.25) is 0 Å². The lowest BCUT2D eigenvalue weighted by Crippen LogP contribution is -2.26. The summed E-state index contributed by atoms with van der Waals surface area (Å²) in [5.74, 6) is 0. The van der Waals surface area contributed by atoms with Crippen LogP contribution in [0, 0.1) is 0 Å². The Morgan fingerprint density at radius 3 is 1.13 bits per heavy atom. The second-order valence-corrected chi connectivity index (χ2v) is 9.27. The maximum Gasteiger partial charge on any atom is 0.0161 e. The monoisotopic (exact) mass is 437 g/mol. The summed E-state index contributed by atoms with van der Waals surface area (Å²) in [6.45, 7) is 15.6.